The lowest BCUT2D eigenvalue weighted by Crippen LogP contribution is -1.92. The van der Waals surface area contributed by atoms with E-state index in [9.17, 15) is 0 Å². The Kier molecular flexibility index (Phi) is 4.34. The molecule has 0 aliphatic rings. The van der Waals surface area contributed by atoms with Crippen molar-refractivity contribution in [2.24, 2.45) is 0 Å². The normalized spacial score (nSPS) is 10.8. The largest absolute Gasteiger partial charge is 0.455 e. The summed E-state index contributed by atoms with van der Waals surface area (Å²) in [5, 5.41) is 2.82. The molecule has 0 fully saturated rings. The van der Waals surface area contributed by atoms with Crippen LogP contribution in [0.4, 0.5) is 0 Å². The molecule has 0 aliphatic carbocycles. The minimum absolute atomic E-state index is 0.626. The van der Waals surface area contributed by atoms with Crippen LogP contribution in [0.5, 0.6) is 11.5 Å². The average Bonchev–Trinajstić information content (AvgIpc) is 2.51. The first-order valence-corrected chi connectivity index (χ1v) is 8.12. The lowest BCUT2D eigenvalue weighted by Gasteiger charge is -2.12. The fourth-order valence-electron chi connectivity index (χ4n) is 2.05. The topological polar surface area (TPSA) is 22.1 Å². The van der Waals surface area contributed by atoms with Crippen molar-refractivity contribution in [1.29, 1.82) is 0 Å². The van der Waals surface area contributed by atoms with Gasteiger partial charge < -0.3 is 4.74 Å². The summed E-state index contributed by atoms with van der Waals surface area (Å²) in [6.45, 7) is 0. The molecule has 0 atom stereocenters. The van der Waals surface area contributed by atoms with E-state index >= 15 is 0 Å². The second-order valence-corrected chi connectivity index (χ2v) is 5.84. The molecule has 2 aromatic carbocycles. The fraction of sp³-hybridized carbons (Fsp3) is 0.0625. The van der Waals surface area contributed by atoms with E-state index in [1.54, 1.807) is 18.3 Å². The number of alkyl halides is 1. The molecule has 0 saturated heterocycles. The Hall–Kier alpha value is -1.29. The van der Waals surface area contributed by atoms with E-state index in [0.29, 0.717) is 26.9 Å². The van der Waals surface area contributed by atoms with Crippen molar-refractivity contribution in [3.05, 3.63) is 64.3 Å². The Bertz CT molecular complexity index is 807. The summed E-state index contributed by atoms with van der Waals surface area (Å²) in [6.07, 6.45) is 1.72. The molecule has 1 heterocycles. The number of fused-ring (bicyclic) bond motifs is 1. The van der Waals surface area contributed by atoms with Crippen LogP contribution < -0.4 is 4.74 Å². The zero-order chi connectivity index (χ0) is 14.8. The van der Waals surface area contributed by atoms with Gasteiger partial charge in [-0.2, -0.15) is 0 Å². The van der Waals surface area contributed by atoms with Crippen LogP contribution in [0, 0.1) is 0 Å². The summed E-state index contributed by atoms with van der Waals surface area (Å²) in [5.41, 5.74) is 1.74. The van der Waals surface area contributed by atoms with Crippen LogP contribution >= 0.6 is 39.1 Å². The molecule has 0 bridgehead atoms. The van der Waals surface area contributed by atoms with Gasteiger partial charge >= 0.3 is 0 Å². The zero-order valence-electron chi connectivity index (χ0n) is 10.8. The summed E-state index contributed by atoms with van der Waals surface area (Å²) in [7, 11) is 0. The SMILES string of the molecule is Clc1ccc(CBr)c(Oc2ccc(Cl)c3cccnc23)c1. The highest BCUT2D eigenvalue weighted by Crippen LogP contribution is 2.35. The molecular formula is C16H10BrCl2NO. The van der Waals surface area contributed by atoms with Gasteiger partial charge in [0.1, 0.15) is 11.3 Å². The van der Waals surface area contributed by atoms with Gasteiger partial charge in [0.2, 0.25) is 0 Å². The second-order valence-electron chi connectivity index (χ2n) is 4.43. The van der Waals surface area contributed by atoms with Crippen LogP contribution in [0.3, 0.4) is 0 Å². The Morgan fingerprint density at radius 2 is 1.90 bits per heavy atom. The minimum atomic E-state index is 0.626. The van der Waals surface area contributed by atoms with Gasteiger partial charge in [-0.25, -0.2) is 0 Å². The molecule has 21 heavy (non-hydrogen) atoms. The van der Waals surface area contributed by atoms with Gasteiger partial charge in [-0.15, -0.1) is 0 Å². The lowest BCUT2D eigenvalue weighted by atomic mass is 10.2. The first-order chi connectivity index (χ1) is 10.2. The molecule has 5 heteroatoms. The molecule has 0 N–H and O–H groups in total. The molecule has 106 valence electrons. The third kappa shape index (κ3) is 3.00. The van der Waals surface area contributed by atoms with E-state index in [1.807, 2.05) is 30.3 Å². The van der Waals surface area contributed by atoms with E-state index < -0.39 is 0 Å². The van der Waals surface area contributed by atoms with E-state index in [4.69, 9.17) is 27.9 Å². The van der Waals surface area contributed by atoms with Crippen molar-refractivity contribution in [3.8, 4) is 11.5 Å². The lowest BCUT2D eigenvalue weighted by molar-refractivity contribution is 0.483. The highest BCUT2D eigenvalue weighted by atomic mass is 79.9. The van der Waals surface area contributed by atoms with E-state index in [0.717, 1.165) is 16.5 Å². The van der Waals surface area contributed by atoms with Crippen LogP contribution in [-0.4, -0.2) is 4.98 Å². The molecule has 3 rings (SSSR count). The first-order valence-electron chi connectivity index (χ1n) is 6.24. The number of aromatic nitrogens is 1. The molecule has 0 radical (unpaired) electrons. The number of pyridine rings is 1. The predicted molar refractivity (Wildman–Crippen MR) is 90.9 cm³/mol. The highest BCUT2D eigenvalue weighted by Gasteiger charge is 2.10. The summed E-state index contributed by atoms with van der Waals surface area (Å²) >= 11 is 15.7. The third-order valence-electron chi connectivity index (χ3n) is 3.07. The highest BCUT2D eigenvalue weighted by molar-refractivity contribution is 9.08. The second kappa shape index (κ2) is 6.22. The molecule has 0 aliphatic heterocycles. The maximum absolute atomic E-state index is 6.19. The van der Waals surface area contributed by atoms with Crippen molar-refractivity contribution < 1.29 is 4.74 Å². The number of rotatable bonds is 3. The standard InChI is InChI=1S/C16H10BrCl2NO/c17-9-10-3-4-11(18)8-15(10)21-14-6-5-13(19)12-2-1-7-20-16(12)14/h1-8H,9H2. The Morgan fingerprint density at radius 3 is 2.71 bits per heavy atom. The quantitative estimate of drug-likeness (QED) is 0.501. The molecule has 1 aromatic heterocycles. The zero-order valence-corrected chi connectivity index (χ0v) is 13.9. The Labute approximate surface area is 140 Å². The predicted octanol–water partition coefficient (Wildman–Crippen LogP) is 6.23. The first kappa shape index (κ1) is 14.6. The monoisotopic (exact) mass is 381 g/mol. The molecule has 0 saturated carbocycles. The van der Waals surface area contributed by atoms with Crippen molar-refractivity contribution in [1.82, 2.24) is 4.98 Å². The summed E-state index contributed by atoms with van der Waals surface area (Å²) in [5.74, 6) is 1.35. The number of ether oxygens (including phenoxy) is 1. The molecular weight excluding hydrogens is 373 g/mol. The van der Waals surface area contributed by atoms with Crippen molar-refractivity contribution in [3.63, 3.8) is 0 Å². The van der Waals surface area contributed by atoms with Crippen molar-refractivity contribution in [2.45, 2.75) is 5.33 Å². The maximum Gasteiger partial charge on any atom is 0.153 e. The number of hydrogen-bond acceptors (Lipinski definition) is 2. The number of halogens is 3. The number of nitrogens with zero attached hydrogens (tertiary/aromatic N) is 1. The smallest absolute Gasteiger partial charge is 0.153 e. The van der Waals surface area contributed by atoms with Gasteiger partial charge in [-0.1, -0.05) is 45.2 Å². The molecule has 0 unspecified atom stereocenters. The molecule has 2 nitrogen and oxygen atoms in total. The molecule has 0 amide bonds. The number of hydrogen-bond donors (Lipinski definition) is 0. The van der Waals surface area contributed by atoms with Crippen LogP contribution in [-0.2, 0) is 5.33 Å². The Balaban J connectivity index is 2.11. The minimum Gasteiger partial charge on any atom is -0.455 e. The van der Waals surface area contributed by atoms with Gasteiger partial charge in [-0.3, -0.25) is 4.98 Å². The van der Waals surface area contributed by atoms with Crippen molar-refractivity contribution >= 4 is 50.0 Å². The van der Waals surface area contributed by atoms with Gasteiger partial charge in [0, 0.05) is 27.5 Å². The number of benzene rings is 2. The van der Waals surface area contributed by atoms with E-state index in [-0.39, 0.29) is 0 Å². The van der Waals surface area contributed by atoms with E-state index in [1.165, 1.54) is 0 Å². The summed E-state index contributed by atoms with van der Waals surface area (Å²) in [4.78, 5) is 4.36. The average molecular weight is 383 g/mol. The Morgan fingerprint density at radius 1 is 1.05 bits per heavy atom. The van der Waals surface area contributed by atoms with Crippen molar-refractivity contribution in [2.75, 3.05) is 0 Å². The maximum atomic E-state index is 6.19. The van der Waals surface area contributed by atoms with Crippen LogP contribution in [0.1, 0.15) is 5.56 Å². The third-order valence-corrected chi connectivity index (χ3v) is 4.24. The fourth-order valence-corrected chi connectivity index (χ4v) is 2.89. The van der Waals surface area contributed by atoms with Crippen LogP contribution in [0.25, 0.3) is 10.9 Å². The molecule has 3 aromatic rings. The van der Waals surface area contributed by atoms with Gasteiger partial charge in [0.25, 0.3) is 0 Å². The van der Waals surface area contributed by atoms with E-state index in [2.05, 4.69) is 20.9 Å². The van der Waals surface area contributed by atoms with Gasteiger partial charge in [0.15, 0.2) is 5.75 Å². The van der Waals surface area contributed by atoms with Gasteiger partial charge in [-0.05, 0) is 36.4 Å². The van der Waals surface area contributed by atoms with Crippen LogP contribution in [0.15, 0.2) is 48.7 Å². The summed E-state index contributed by atoms with van der Waals surface area (Å²) < 4.78 is 6.01. The van der Waals surface area contributed by atoms with Crippen LogP contribution in [0.2, 0.25) is 10.0 Å². The summed E-state index contributed by atoms with van der Waals surface area (Å²) in [6, 6.07) is 12.9. The van der Waals surface area contributed by atoms with Gasteiger partial charge in [0.05, 0.1) is 5.02 Å². The molecule has 0 spiro atoms.